The maximum atomic E-state index is 14.2. The molecule has 0 bridgehead atoms. The third kappa shape index (κ3) is 5.18. The van der Waals surface area contributed by atoms with Crippen molar-refractivity contribution in [2.75, 3.05) is 38.7 Å². The number of benzene rings is 2. The molecule has 0 radical (unpaired) electrons. The molecule has 2 heterocycles. The summed E-state index contributed by atoms with van der Waals surface area (Å²) in [6.07, 6.45) is 0.628. The molecule has 1 N–H and O–H groups in total. The van der Waals surface area contributed by atoms with Crippen LogP contribution in [0.15, 0.2) is 36.4 Å². The number of halogens is 2. The number of hydrogen-bond donors (Lipinski definition) is 1. The Labute approximate surface area is 209 Å². The molecule has 8 nitrogen and oxygen atoms in total. The summed E-state index contributed by atoms with van der Waals surface area (Å²) in [5.41, 5.74) is 1.04. The molecule has 0 aromatic heterocycles. The molecule has 36 heavy (non-hydrogen) atoms. The first-order valence-corrected chi connectivity index (χ1v) is 13.6. The largest absolute Gasteiger partial charge is 0.481 e. The molecule has 2 aliphatic rings. The molecule has 4 rings (SSSR count). The zero-order valence-corrected chi connectivity index (χ0v) is 21.0. The highest BCUT2D eigenvalue weighted by Gasteiger charge is 2.47. The summed E-state index contributed by atoms with van der Waals surface area (Å²) >= 11 is 0. The maximum Gasteiger partial charge on any atom is 0.309 e. The van der Waals surface area contributed by atoms with Gasteiger partial charge >= 0.3 is 5.97 Å². The fourth-order valence-electron chi connectivity index (χ4n) is 5.10. The van der Waals surface area contributed by atoms with Crippen molar-refractivity contribution < 1.29 is 36.6 Å². The molecule has 0 unspecified atom stereocenters. The van der Waals surface area contributed by atoms with Gasteiger partial charge in [-0.25, -0.2) is 21.5 Å². The minimum atomic E-state index is -3.46. The first-order valence-electron chi connectivity index (χ1n) is 12.0. The number of nitrogens with zero attached hydrogens (tertiary/aromatic N) is 2. The number of sulfonamides is 1. The Bertz CT molecular complexity index is 1230. The van der Waals surface area contributed by atoms with Gasteiger partial charge in [0.25, 0.3) is 0 Å². The van der Waals surface area contributed by atoms with Gasteiger partial charge in [0.05, 0.1) is 11.7 Å². The van der Waals surface area contributed by atoms with Crippen molar-refractivity contribution >= 4 is 16.0 Å². The molecule has 2 aromatic carbocycles. The monoisotopic (exact) mass is 524 g/mol. The van der Waals surface area contributed by atoms with E-state index < -0.39 is 45.5 Å². The van der Waals surface area contributed by atoms with Gasteiger partial charge in [0.15, 0.2) is 23.1 Å². The fourth-order valence-corrected chi connectivity index (χ4v) is 6.28. The number of aliphatic carboxylic acids is 1. The van der Waals surface area contributed by atoms with Gasteiger partial charge in [0, 0.05) is 38.1 Å². The van der Waals surface area contributed by atoms with Gasteiger partial charge in [0.2, 0.25) is 16.8 Å². The molecule has 11 heteroatoms. The van der Waals surface area contributed by atoms with Crippen molar-refractivity contribution in [3.8, 4) is 11.5 Å². The van der Waals surface area contributed by atoms with Gasteiger partial charge in [-0.05, 0) is 48.7 Å². The van der Waals surface area contributed by atoms with Crippen molar-refractivity contribution in [3.63, 3.8) is 0 Å². The SMILES string of the molecule is CCCN(CCN1C[C@H](c2ccc3c(c2)OCO3)[C@@H](C(=O)O)[C@@H]1c1ccc(F)c(F)c1)S(=O)(=O)CC. The van der Waals surface area contributed by atoms with Gasteiger partial charge < -0.3 is 14.6 Å². The fraction of sp³-hybridized carbons (Fsp3) is 0.480. The van der Waals surface area contributed by atoms with E-state index in [4.69, 9.17) is 9.47 Å². The van der Waals surface area contributed by atoms with E-state index in [0.717, 1.165) is 12.1 Å². The highest BCUT2D eigenvalue weighted by molar-refractivity contribution is 7.89. The Morgan fingerprint density at radius 1 is 1.06 bits per heavy atom. The number of fused-ring (bicyclic) bond motifs is 1. The highest BCUT2D eigenvalue weighted by Crippen LogP contribution is 2.47. The lowest BCUT2D eigenvalue weighted by Crippen LogP contribution is -2.40. The number of ether oxygens (including phenoxy) is 2. The molecular weight excluding hydrogens is 494 g/mol. The summed E-state index contributed by atoms with van der Waals surface area (Å²) in [6, 6.07) is 7.87. The first kappa shape index (κ1) is 26.3. The Hall–Kier alpha value is -2.76. The first-order chi connectivity index (χ1) is 17.2. The number of carboxylic acids is 1. The molecular formula is C25H30F2N2O6S. The minimum absolute atomic E-state index is 0.0445. The summed E-state index contributed by atoms with van der Waals surface area (Å²) in [5, 5.41) is 10.3. The molecule has 196 valence electrons. The maximum absolute atomic E-state index is 14.2. The predicted molar refractivity (Wildman–Crippen MR) is 128 cm³/mol. The quantitative estimate of drug-likeness (QED) is 0.507. The molecule has 0 aliphatic carbocycles. The van der Waals surface area contributed by atoms with E-state index in [1.54, 1.807) is 25.1 Å². The number of carbonyl (C=O) groups is 1. The van der Waals surface area contributed by atoms with Crippen LogP contribution in [0.4, 0.5) is 8.78 Å². The van der Waals surface area contributed by atoms with Crippen molar-refractivity contribution in [1.29, 1.82) is 0 Å². The number of likely N-dealkylation sites (tertiary alicyclic amines) is 1. The van der Waals surface area contributed by atoms with Crippen molar-refractivity contribution in [1.82, 2.24) is 9.21 Å². The van der Waals surface area contributed by atoms with Crippen LogP contribution in [0.1, 0.15) is 43.4 Å². The lowest BCUT2D eigenvalue weighted by molar-refractivity contribution is -0.143. The molecule has 1 saturated heterocycles. The zero-order valence-electron chi connectivity index (χ0n) is 20.2. The Kier molecular flexibility index (Phi) is 7.82. The molecule has 0 saturated carbocycles. The standard InChI is InChI=1S/C25H30F2N2O6S/c1-3-9-29(36(32,33)4-2)11-10-28-14-18(16-6-8-21-22(13-16)35-15-34-21)23(25(30)31)24(28)17-5-7-19(26)20(27)12-17/h5-8,12-13,18,23-24H,3-4,9-11,14-15H2,1-2H3,(H,30,31)/t18-,23-,24+/m1/s1. The van der Waals surface area contributed by atoms with E-state index in [0.29, 0.717) is 35.6 Å². The van der Waals surface area contributed by atoms with E-state index in [9.17, 15) is 27.1 Å². The Morgan fingerprint density at radius 2 is 1.78 bits per heavy atom. The van der Waals surface area contributed by atoms with Crippen molar-refractivity contribution in [2.24, 2.45) is 5.92 Å². The van der Waals surface area contributed by atoms with Crippen LogP contribution in [0.3, 0.4) is 0 Å². The van der Waals surface area contributed by atoms with Gasteiger partial charge in [-0.15, -0.1) is 0 Å². The summed E-state index contributed by atoms with van der Waals surface area (Å²) in [5.74, 6) is -3.62. The average Bonchev–Trinajstić information content (AvgIpc) is 3.47. The van der Waals surface area contributed by atoms with Crippen molar-refractivity contribution in [3.05, 3.63) is 59.2 Å². The molecule has 1 fully saturated rings. The topological polar surface area (TPSA) is 96.4 Å². The van der Waals surface area contributed by atoms with E-state index in [1.807, 2.05) is 11.8 Å². The zero-order chi connectivity index (χ0) is 26.0. The molecule has 3 atom stereocenters. The number of hydrogen-bond acceptors (Lipinski definition) is 6. The molecule has 2 aromatic rings. The van der Waals surface area contributed by atoms with Crippen LogP contribution in [-0.2, 0) is 14.8 Å². The van der Waals surface area contributed by atoms with Gasteiger partial charge in [0.1, 0.15) is 0 Å². The second-order valence-corrected chi connectivity index (χ2v) is 11.3. The second-order valence-electron chi connectivity index (χ2n) is 9.00. The summed E-state index contributed by atoms with van der Waals surface area (Å²) in [4.78, 5) is 14.4. The number of carboxylic acid groups (broad SMARTS) is 1. The van der Waals surface area contributed by atoms with Gasteiger partial charge in [-0.1, -0.05) is 19.1 Å². The van der Waals surface area contributed by atoms with Crippen LogP contribution < -0.4 is 9.47 Å². The highest BCUT2D eigenvalue weighted by atomic mass is 32.2. The summed E-state index contributed by atoms with van der Waals surface area (Å²) < 4.78 is 65.3. The smallest absolute Gasteiger partial charge is 0.309 e. The summed E-state index contributed by atoms with van der Waals surface area (Å²) in [6.45, 7) is 4.55. The number of rotatable bonds is 10. The third-order valence-electron chi connectivity index (χ3n) is 6.86. The lowest BCUT2D eigenvalue weighted by atomic mass is 9.82. The normalized spacial score (nSPS) is 21.9. The van der Waals surface area contributed by atoms with E-state index in [2.05, 4.69) is 0 Å². The molecule has 0 amide bonds. The van der Waals surface area contributed by atoms with Crippen LogP contribution in [-0.4, -0.2) is 67.4 Å². The van der Waals surface area contributed by atoms with Crippen LogP contribution in [0, 0.1) is 17.6 Å². The van der Waals surface area contributed by atoms with Crippen LogP contribution in [0.2, 0.25) is 0 Å². The second kappa shape index (κ2) is 10.7. The van der Waals surface area contributed by atoms with E-state index >= 15 is 0 Å². The van der Waals surface area contributed by atoms with E-state index in [-0.39, 0.29) is 32.2 Å². The van der Waals surface area contributed by atoms with E-state index in [1.165, 1.54) is 10.4 Å². The minimum Gasteiger partial charge on any atom is -0.481 e. The van der Waals surface area contributed by atoms with Crippen molar-refractivity contribution in [2.45, 2.75) is 32.2 Å². The average molecular weight is 525 g/mol. The van der Waals surface area contributed by atoms with Crippen LogP contribution in [0.25, 0.3) is 0 Å². The summed E-state index contributed by atoms with van der Waals surface area (Å²) in [7, 11) is -3.46. The lowest BCUT2D eigenvalue weighted by Gasteiger charge is -2.30. The molecule has 0 spiro atoms. The predicted octanol–water partition coefficient (Wildman–Crippen LogP) is 3.60. The van der Waals surface area contributed by atoms with Gasteiger partial charge in [-0.3, -0.25) is 9.69 Å². The van der Waals surface area contributed by atoms with Gasteiger partial charge in [-0.2, -0.15) is 0 Å². The molecule has 2 aliphatic heterocycles. The third-order valence-corrected chi connectivity index (χ3v) is 8.74. The van der Waals surface area contributed by atoms with Crippen LogP contribution in [0.5, 0.6) is 11.5 Å². The Morgan fingerprint density at radius 3 is 2.44 bits per heavy atom. The Balaban J connectivity index is 1.71. The van der Waals surface area contributed by atoms with Crippen LogP contribution >= 0.6 is 0 Å².